The van der Waals surface area contributed by atoms with Crippen LogP contribution in [0.3, 0.4) is 0 Å². The molecule has 14 heteroatoms. The van der Waals surface area contributed by atoms with Crippen LogP contribution in [0.2, 0.25) is 0 Å². The molecular weight excluding hydrogens is 831 g/mol. The number of benzene rings is 3. The standard InChI is InChI=1S/C51H63N3O11/c1-3-26-62-51-47(53(48(57)23-19-34-12-5-6-13-34)32-35-18-21-45-46(27-35)61-33-60-45)31-43(52-63-4-2)41-28-36(14-7-9-24-55)40(17-8-10-25-56)49(50(41)51)42-30-39(20-22-44(42)65-51)64-38-16-11-15-37(29-38)54(58)59/h3,11,15-16,18,20-22,27-30,34,36,40,47,49-50,55-56H,1,4-10,12-14,17,19,23-26,31-33H2,2H3/t36-,40+,47-,49+,50+,51+/m0/s1. The zero-order valence-electron chi connectivity index (χ0n) is 37.4. The van der Waals surface area contributed by atoms with Crippen LogP contribution < -0.4 is 18.9 Å². The maximum Gasteiger partial charge on any atom is 0.273 e. The number of carbonyl (C=O) groups is 1. The maximum absolute atomic E-state index is 15.2. The number of nitro benzene ring substituents is 1. The number of hydrogen-bond donors (Lipinski definition) is 2. The largest absolute Gasteiger partial charge is 0.459 e. The minimum Gasteiger partial charge on any atom is -0.459 e. The smallest absolute Gasteiger partial charge is 0.273 e. The minimum atomic E-state index is -1.43. The van der Waals surface area contributed by atoms with Gasteiger partial charge >= 0.3 is 0 Å². The summed E-state index contributed by atoms with van der Waals surface area (Å²) in [4.78, 5) is 34.4. The van der Waals surface area contributed by atoms with Crippen LogP contribution in [0.25, 0.3) is 0 Å². The van der Waals surface area contributed by atoms with Gasteiger partial charge in [0, 0.05) is 50.1 Å². The number of oxime groups is 1. The summed E-state index contributed by atoms with van der Waals surface area (Å²) in [6.07, 6.45) is 14.5. The van der Waals surface area contributed by atoms with E-state index in [9.17, 15) is 20.3 Å². The molecule has 0 spiro atoms. The molecule has 0 radical (unpaired) electrons. The third kappa shape index (κ3) is 10.0. The Balaban J connectivity index is 1.31. The number of allylic oxidation sites excluding steroid dienone is 1. The van der Waals surface area contributed by atoms with Crippen LogP contribution in [-0.2, 0) is 20.9 Å². The van der Waals surface area contributed by atoms with Gasteiger partial charge in [-0.15, -0.1) is 6.58 Å². The Morgan fingerprint density at radius 2 is 1.74 bits per heavy atom. The van der Waals surface area contributed by atoms with E-state index in [1.54, 1.807) is 24.3 Å². The molecule has 2 saturated carbocycles. The van der Waals surface area contributed by atoms with Gasteiger partial charge in [-0.05, 0) is 104 Å². The van der Waals surface area contributed by atoms with Crippen molar-refractivity contribution in [1.29, 1.82) is 0 Å². The highest BCUT2D eigenvalue weighted by molar-refractivity contribution is 6.03. The summed E-state index contributed by atoms with van der Waals surface area (Å²) in [6.45, 7) is 6.98. The number of rotatable bonds is 22. The monoisotopic (exact) mass is 893 g/mol. The number of ether oxygens (including phenoxy) is 5. The molecule has 2 N–H and O–H groups in total. The van der Waals surface area contributed by atoms with Crippen LogP contribution in [0.1, 0.15) is 107 Å². The second-order valence-corrected chi connectivity index (χ2v) is 17.9. The quantitative estimate of drug-likeness (QED) is 0.0426. The van der Waals surface area contributed by atoms with E-state index in [2.05, 4.69) is 12.7 Å². The van der Waals surface area contributed by atoms with E-state index in [0.29, 0.717) is 60.5 Å². The van der Waals surface area contributed by atoms with E-state index < -0.39 is 22.7 Å². The molecule has 65 heavy (non-hydrogen) atoms. The van der Waals surface area contributed by atoms with E-state index in [0.717, 1.165) is 67.4 Å². The van der Waals surface area contributed by atoms with Gasteiger partial charge in [0.05, 0.1) is 29.2 Å². The van der Waals surface area contributed by atoms with E-state index in [1.807, 2.05) is 42.2 Å². The van der Waals surface area contributed by atoms with Gasteiger partial charge in [-0.2, -0.15) is 0 Å². The maximum atomic E-state index is 15.2. The van der Waals surface area contributed by atoms with Crippen LogP contribution in [0, 0.1) is 33.8 Å². The molecule has 0 saturated heterocycles. The van der Waals surface area contributed by atoms with Crippen LogP contribution in [0.4, 0.5) is 5.69 Å². The number of nitro groups is 1. The second kappa shape index (κ2) is 21.2. The molecule has 14 nitrogen and oxygen atoms in total. The predicted molar refractivity (Wildman–Crippen MR) is 244 cm³/mol. The van der Waals surface area contributed by atoms with Gasteiger partial charge in [-0.1, -0.05) is 68.0 Å². The van der Waals surface area contributed by atoms with Gasteiger partial charge < -0.3 is 43.6 Å². The third-order valence-electron chi connectivity index (χ3n) is 13.9. The highest BCUT2D eigenvalue weighted by atomic mass is 16.7. The Labute approximate surface area is 381 Å². The molecular formula is C51H63N3O11. The molecule has 0 bridgehead atoms. The summed E-state index contributed by atoms with van der Waals surface area (Å²) in [5.41, 5.74) is 3.34. The zero-order chi connectivity index (χ0) is 45.3. The van der Waals surface area contributed by atoms with Crippen LogP contribution in [0.5, 0.6) is 28.7 Å². The van der Waals surface area contributed by atoms with Gasteiger partial charge in [0.15, 0.2) is 11.5 Å². The van der Waals surface area contributed by atoms with Crippen molar-refractivity contribution >= 4 is 17.3 Å². The van der Waals surface area contributed by atoms with Crippen LogP contribution in [0.15, 0.2) is 90.1 Å². The van der Waals surface area contributed by atoms with Gasteiger partial charge in [0.1, 0.15) is 29.9 Å². The Kier molecular flexibility index (Phi) is 15.1. The van der Waals surface area contributed by atoms with Crippen molar-refractivity contribution in [3.8, 4) is 28.7 Å². The molecule has 2 aliphatic heterocycles. The second-order valence-electron chi connectivity index (χ2n) is 17.9. The SMILES string of the molecule is C=CCO[C@@]12Oc3ccc(Oc4cccc([N+](=O)[O-])c4)cc3[C@H]3[C@H](CCCCO)[C@@H](CCCCO)C=C(C(=NOCC)C[C@@H]1N(Cc1ccc4c(c1)OCO4)C(=O)CCC1CCCC1)[C@H]32. The molecule has 0 aromatic heterocycles. The topological polar surface area (TPSA) is 172 Å². The minimum absolute atomic E-state index is 0.00360. The van der Waals surface area contributed by atoms with Crippen molar-refractivity contribution in [3.05, 3.63) is 106 Å². The van der Waals surface area contributed by atoms with E-state index in [-0.39, 0.29) is 68.9 Å². The highest BCUT2D eigenvalue weighted by Crippen LogP contribution is 2.62. The lowest BCUT2D eigenvalue weighted by Crippen LogP contribution is -2.70. The molecule has 348 valence electrons. The fourth-order valence-corrected chi connectivity index (χ4v) is 11.0. The van der Waals surface area contributed by atoms with Gasteiger partial charge in [0.25, 0.3) is 5.69 Å². The summed E-state index contributed by atoms with van der Waals surface area (Å²) < 4.78 is 32.5. The Hall–Kier alpha value is -5.44. The zero-order valence-corrected chi connectivity index (χ0v) is 37.4. The first kappa shape index (κ1) is 46.1. The highest BCUT2D eigenvalue weighted by Gasteiger charge is 2.65. The number of nitrogens with zero attached hydrogens (tertiary/aromatic N) is 3. The Bertz CT molecular complexity index is 2220. The fraction of sp³-hybridized carbons (Fsp3) is 0.529. The molecule has 8 rings (SSSR count). The van der Waals surface area contributed by atoms with E-state index in [4.69, 9.17) is 33.7 Å². The van der Waals surface area contributed by atoms with Gasteiger partial charge in [-0.3, -0.25) is 14.9 Å². The van der Waals surface area contributed by atoms with E-state index in [1.165, 1.54) is 25.0 Å². The number of amides is 1. The third-order valence-corrected chi connectivity index (χ3v) is 13.9. The Morgan fingerprint density at radius 1 is 0.969 bits per heavy atom. The summed E-state index contributed by atoms with van der Waals surface area (Å²) >= 11 is 0. The molecule has 5 aliphatic rings. The lowest BCUT2D eigenvalue weighted by Gasteiger charge is -2.60. The fourth-order valence-electron chi connectivity index (χ4n) is 11.0. The molecule has 6 atom stereocenters. The van der Waals surface area contributed by atoms with E-state index >= 15 is 4.79 Å². The predicted octanol–water partition coefficient (Wildman–Crippen LogP) is 9.77. The van der Waals surface area contributed by atoms with Gasteiger partial charge in [-0.25, -0.2) is 0 Å². The van der Waals surface area contributed by atoms with Crippen molar-refractivity contribution in [2.75, 3.05) is 33.2 Å². The summed E-state index contributed by atoms with van der Waals surface area (Å²) in [5.74, 6) is 0.999. The van der Waals surface area contributed by atoms with Crippen molar-refractivity contribution in [1.82, 2.24) is 4.90 Å². The first-order valence-corrected chi connectivity index (χ1v) is 23.6. The Morgan fingerprint density at radius 3 is 2.51 bits per heavy atom. The van der Waals surface area contributed by atoms with Crippen molar-refractivity contribution in [2.45, 2.75) is 115 Å². The van der Waals surface area contributed by atoms with Crippen molar-refractivity contribution < 1.29 is 48.5 Å². The first-order chi connectivity index (χ1) is 31.8. The van der Waals surface area contributed by atoms with Crippen molar-refractivity contribution in [2.24, 2.45) is 28.8 Å². The molecule has 3 aliphatic carbocycles. The van der Waals surface area contributed by atoms with Crippen molar-refractivity contribution in [3.63, 3.8) is 0 Å². The summed E-state index contributed by atoms with van der Waals surface area (Å²) in [5, 5.41) is 36.5. The lowest BCUT2D eigenvalue weighted by atomic mass is 9.55. The number of aliphatic hydroxyl groups excluding tert-OH is 2. The molecule has 0 unspecified atom stereocenters. The average molecular weight is 894 g/mol. The lowest BCUT2D eigenvalue weighted by molar-refractivity contribution is -0.384. The number of fused-ring (bicyclic) bond motifs is 3. The number of aliphatic hydroxyl groups is 2. The molecule has 2 heterocycles. The van der Waals surface area contributed by atoms with Gasteiger partial charge in [0.2, 0.25) is 18.5 Å². The normalized spacial score (nSPS) is 24.7. The molecule has 2 fully saturated rings. The average Bonchev–Trinajstić information content (AvgIpc) is 4.03. The first-order valence-electron chi connectivity index (χ1n) is 23.6. The molecule has 1 amide bonds. The number of carbonyl (C=O) groups excluding carboxylic acids is 1. The van der Waals surface area contributed by atoms with Crippen LogP contribution in [-0.4, -0.2) is 76.7 Å². The summed E-state index contributed by atoms with van der Waals surface area (Å²) in [6, 6.07) is 16.9. The number of hydrogen-bond acceptors (Lipinski definition) is 12. The molecule has 3 aromatic rings. The number of non-ortho nitro benzene ring substituents is 1. The van der Waals surface area contributed by atoms with Crippen LogP contribution >= 0.6 is 0 Å². The molecule has 3 aromatic carbocycles. The number of unbranched alkanes of at least 4 members (excludes halogenated alkanes) is 2. The summed E-state index contributed by atoms with van der Waals surface area (Å²) in [7, 11) is 0.